The van der Waals surface area contributed by atoms with E-state index < -0.39 is 27.5 Å². The number of carbonyl (C=O) groups is 3. The molecule has 6 rings (SSSR count). The van der Waals surface area contributed by atoms with E-state index in [2.05, 4.69) is 10.3 Å². The summed E-state index contributed by atoms with van der Waals surface area (Å²) in [6.45, 7) is 4.81. The van der Waals surface area contributed by atoms with Gasteiger partial charge in [-0.05, 0) is 84.8 Å². The van der Waals surface area contributed by atoms with Crippen LogP contribution in [-0.4, -0.2) is 65.6 Å². The molecule has 2 aliphatic rings. The van der Waals surface area contributed by atoms with Crippen molar-refractivity contribution in [1.82, 2.24) is 20.1 Å². The van der Waals surface area contributed by atoms with Gasteiger partial charge in [0.2, 0.25) is 21.8 Å². The Morgan fingerprint density at radius 3 is 2.37 bits per heavy atom. The predicted molar refractivity (Wildman–Crippen MR) is 174 cm³/mol. The molecule has 1 atom stereocenters. The van der Waals surface area contributed by atoms with Crippen LogP contribution < -0.4 is 16.2 Å². The van der Waals surface area contributed by atoms with Gasteiger partial charge >= 0.3 is 0 Å². The fourth-order valence-electron chi connectivity index (χ4n) is 6.23. The second kappa shape index (κ2) is 12.0. The van der Waals surface area contributed by atoms with Crippen molar-refractivity contribution in [3.05, 3.63) is 100 Å². The Balaban J connectivity index is 1.18. The molecule has 12 heteroatoms. The number of H-pyrrole nitrogens is 1. The number of aromatic amines is 1. The Hall–Kier alpha value is -4.52. The first kappa shape index (κ1) is 31.5. The quantitative estimate of drug-likeness (QED) is 0.241. The molecule has 3 heterocycles. The van der Waals surface area contributed by atoms with Gasteiger partial charge in [0.05, 0.1) is 10.4 Å². The number of fused-ring (bicyclic) bond motifs is 3. The summed E-state index contributed by atoms with van der Waals surface area (Å²) in [5, 5.41) is 9.21. The number of aromatic nitrogens is 1. The number of nitrogens with zero attached hydrogens (tertiary/aromatic N) is 2. The molecule has 11 nitrogen and oxygen atoms in total. The van der Waals surface area contributed by atoms with Crippen molar-refractivity contribution in [2.75, 3.05) is 13.1 Å². The second-order valence-corrected chi connectivity index (χ2v) is 14.3. The topological polar surface area (TPSA) is 172 Å². The summed E-state index contributed by atoms with van der Waals surface area (Å²) < 4.78 is 23.7. The number of hydrogen-bond acceptors (Lipinski definition) is 6. The summed E-state index contributed by atoms with van der Waals surface area (Å²) in [6.07, 6.45) is 3.35. The van der Waals surface area contributed by atoms with Gasteiger partial charge < -0.3 is 25.8 Å². The Bertz CT molecular complexity index is 1960. The first-order valence-corrected chi connectivity index (χ1v) is 16.8. The molecule has 0 spiro atoms. The number of nitrogens with two attached hydrogens (primary N) is 2. The standard InChI is InChI=1S/C34H38N6O5S/c1-34(2,35)33(43)38-30(17-25-18-37-29-6-4-3-5-28(25)29)32(42)40-14-12-22-15-23(7-8-24(22)19-40)31(41)39-13-11-21-9-10-27(46(36,44)45)16-26(21)20-39/h3-10,15-16,18,30,37H,11-14,17,19-20,35H2,1-2H3,(H,38,43)(H2,36,44,45)/t30-/m1/s1. The lowest BCUT2D eigenvalue weighted by molar-refractivity contribution is -0.138. The van der Waals surface area contributed by atoms with Crippen molar-refractivity contribution in [2.45, 2.75) is 62.7 Å². The number of amides is 3. The van der Waals surface area contributed by atoms with Crippen molar-refractivity contribution in [3.8, 4) is 0 Å². The third kappa shape index (κ3) is 6.41. The predicted octanol–water partition coefficient (Wildman–Crippen LogP) is 2.36. The lowest BCUT2D eigenvalue weighted by Crippen LogP contribution is -2.57. The van der Waals surface area contributed by atoms with E-state index in [0.29, 0.717) is 51.0 Å². The van der Waals surface area contributed by atoms with E-state index in [9.17, 15) is 22.8 Å². The molecule has 6 N–H and O–H groups in total. The molecule has 0 saturated carbocycles. The highest BCUT2D eigenvalue weighted by Gasteiger charge is 2.33. The molecule has 240 valence electrons. The van der Waals surface area contributed by atoms with Crippen LogP contribution >= 0.6 is 0 Å². The van der Waals surface area contributed by atoms with Crippen molar-refractivity contribution in [2.24, 2.45) is 10.9 Å². The average Bonchev–Trinajstić information content (AvgIpc) is 3.44. The smallest absolute Gasteiger partial charge is 0.254 e. The van der Waals surface area contributed by atoms with Gasteiger partial charge in [-0.1, -0.05) is 30.3 Å². The van der Waals surface area contributed by atoms with Gasteiger partial charge in [0.1, 0.15) is 6.04 Å². The van der Waals surface area contributed by atoms with Gasteiger partial charge in [0, 0.05) is 55.3 Å². The molecule has 4 aromatic rings. The highest BCUT2D eigenvalue weighted by molar-refractivity contribution is 7.89. The first-order chi connectivity index (χ1) is 21.8. The lowest BCUT2D eigenvalue weighted by atomic mass is 9.94. The third-order valence-corrected chi connectivity index (χ3v) is 9.78. The number of benzene rings is 3. The molecule has 0 fully saturated rings. The summed E-state index contributed by atoms with van der Waals surface area (Å²) in [7, 11) is -3.85. The van der Waals surface area contributed by atoms with Gasteiger partial charge in [-0.3, -0.25) is 14.4 Å². The minimum absolute atomic E-state index is 0.0309. The Morgan fingerprint density at radius 1 is 0.913 bits per heavy atom. The van der Waals surface area contributed by atoms with E-state index in [-0.39, 0.29) is 16.7 Å². The van der Waals surface area contributed by atoms with E-state index in [1.807, 2.05) is 42.6 Å². The number of nitrogens with one attached hydrogen (secondary N) is 2. The maximum Gasteiger partial charge on any atom is 0.254 e. The molecular formula is C34H38N6O5S. The molecule has 2 aliphatic heterocycles. The van der Waals surface area contributed by atoms with E-state index in [0.717, 1.165) is 38.7 Å². The van der Waals surface area contributed by atoms with E-state index in [4.69, 9.17) is 10.9 Å². The summed E-state index contributed by atoms with van der Waals surface area (Å²) in [6, 6.07) is 17.4. The number of hydrogen-bond donors (Lipinski definition) is 4. The number of sulfonamides is 1. The maximum atomic E-state index is 14.0. The molecule has 46 heavy (non-hydrogen) atoms. The highest BCUT2D eigenvalue weighted by atomic mass is 32.2. The average molecular weight is 643 g/mol. The van der Waals surface area contributed by atoms with Gasteiger partial charge in [-0.2, -0.15) is 0 Å². The van der Waals surface area contributed by atoms with E-state index in [1.54, 1.807) is 41.8 Å². The van der Waals surface area contributed by atoms with Crippen LogP contribution in [0.15, 0.2) is 71.8 Å². The van der Waals surface area contributed by atoms with Crippen LogP contribution in [0.25, 0.3) is 10.9 Å². The van der Waals surface area contributed by atoms with Gasteiger partial charge in [-0.15, -0.1) is 0 Å². The van der Waals surface area contributed by atoms with Crippen molar-refractivity contribution in [3.63, 3.8) is 0 Å². The van der Waals surface area contributed by atoms with Crippen molar-refractivity contribution in [1.29, 1.82) is 0 Å². The molecular weight excluding hydrogens is 604 g/mol. The fraction of sp³-hybridized carbons (Fsp3) is 0.324. The molecule has 0 aliphatic carbocycles. The summed E-state index contributed by atoms with van der Waals surface area (Å²) in [5.41, 5.74) is 11.0. The molecule has 0 radical (unpaired) electrons. The van der Waals surface area contributed by atoms with Crippen LogP contribution in [0.5, 0.6) is 0 Å². The minimum atomic E-state index is -3.85. The Morgan fingerprint density at radius 2 is 1.61 bits per heavy atom. The van der Waals surface area contributed by atoms with Crippen LogP contribution in [0.1, 0.15) is 52.0 Å². The van der Waals surface area contributed by atoms with Crippen molar-refractivity contribution < 1.29 is 22.8 Å². The Kier molecular flexibility index (Phi) is 8.21. The zero-order valence-corrected chi connectivity index (χ0v) is 26.7. The highest BCUT2D eigenvalue weighted by Crippen LogP contribution is 2.27. The molecule has 3 aromatic carbocycles. The van der Waals surface area contributed by atoms with Crippen LogP contribution in [0.4, 0.5) is 0 Å². The Labute approximate surface area is 268 Å². The number of rotatable bonds is 7. The minimum Gasteiger partial charge on any atom is -0.361 e. The zero-order valence-electron chi connectivity index (χ0n) is 25.9. The molecule has 0 saturated heterocycles. The largest absolute Gasteiger partial charge is 0.361 e. The number of para-hydroxylation sites is 1. The van der Waals surface area contributed by atoms with E-state index in [1.165, 1.54) is 6.07 Å². The van der Waals surface area contributed by atoms with Crippen molar-refractivity contribution >= 4 is 38.6 Å². The molecule has 0 bridgehead atoms. The van der Waals surface area contributed by atoms with Gasteiger partial charge in [0.15, 0.2) is 0 Å². The van der Waals surface area contributed by atoms with Crippen LogP contribution in [0, 0.1) is 0 Å². The summed E-state index contributed by atoms with van der Waals surface area (Å²) in [4.78, 5) is 47.1. The number of carbonyl (C=O) groups excluding carboxylic acids is 3. The molecule has 0 unspecified atom stereocenters. The normalized spacial score (nSPS) is 15.7. The molecule has 1 aromatic heterocycles. The van der Waals surface area contributed by atoms with Gasteiger partial charge in [0.25, 0.3) is 5.91 Å². The SMILES string of the molecule is CC(C)(N)C(=O)N[C@H](Cc1c[nH]c2ccccc12)C(=O)N1CCc2cc(C(=O)N3CCc4ccc(S(N)(=O)=O)cc4C3)ccc2C1. The summed E-state index contributed by atoms with van der Waals surface area (Å²) in [5.74, 6) is -0.745. The van der Waals surface area contributed by atoms with Crippen LogP contribution in [0.3, 0.4) is 0 Å². The maximum absolute atomic E-state index is 14.0. The second-order valence-electron chi connectivity index (χ2n) is 12.8. The fourth-order valence-corrected chi connectivity index (χ4v) is 6.79. The first-order valence-electron chi connectivity index (χ1n) is 15.3. The zero-order chi connectivity index (χ0) is 32.8. The third-order valence-electron chi connectivity index (χ3n) is 8.87. The van der Waals surface area contributed by atoms with Crippen LogP contribution in [-0.2, 0) is 52.0 Å². The van der Waals surface area contributed by atoms with E-state index >= 15 is 0 Å². The molecule has 3 amide bonds. The van der Waals surface area contributed by atoms with Gasteiger partial charge in [-0.25, -0.2) is 13.6 Å². The summed E-state index contributed by atoms with van der Waals surface area (Å²) >= 11 is 0. The number of primary sulfonamides is 1. The van der Waals surface area contributed by atoms with Crippen LogP contribution in [0.2, 0.25) is 0 Å². The lowest BCUT2D eigenvalue weighted by Gasteiger charge is -2.33. The monoisotopic (exact) mass is 642 g/mol.